The largest absolute Gasteiger partial charge is 0.497 e. The molecule has 2 aromatic carbocycles. The fraction of sp³-hybridized carbons (Fsp3) is 0.250. The molecular weight excluding hydrogens is 389 g/mol. The second-order valence-corrected chi connectivity index (χ2v) is 7.85. The summed E-state index contributed by atoms with van der Waals surface area (Å²) in [6.07, 6.45) is 0.527. The molecule has 1 N–H and O–H groups in total. The maximum Gasteiger partial charge on any atom is 0.243 e. The average Bonchev–Trinajstić information content (AvgIpc) is 3.32. The summed E-state index contributed by atoms with van der Waals surface area (Å²) in [7, 11) is 7.22. The van der Waals surface area contributed by atoms with Crippen molar-refractivity contribution in [3.8, 4) is 22.8 Å². The second kappa shape index (κ2) is 7.74. The maximum atomic E-state index is 12.6. The lowest BCUT2D eigenvalue weighted by Gasteiger charge is -2.23. The Bertz CT molecular complexity index is 1170. The molecule has 1 unspecified atom stereocenters. The highest BCUT2D eigenvalue weighted by molar-refractivity contribution is 6.08. The van der Waals surface area contributed by atoms with E-state index in [1.165, 1.54) is 0 Å². The van der Waals surface area contributed by atoms with E-state index in [0.717, 1.165) is 45.7 Å². The molecule has 1 aromatic heterocycles. The van der Waals surface area contributed by atoms with Gasteiger partial charge in [0.1, 0.15) is 17.6 Å². The molecule has 1 amide bonds. The molecule has 7 heteroatoms. The zero-order chi connectivity index (χ0) is 21.5. The summed E-state index contributed by atoms with van der Waals surface area (Å²) in [5.74, 6) is 1.41. The van der Waals surface area contributed by atoms with E-state index in [9.17, 15) is 4.79 Å². The summed E-state index contributed by atoms with van der Waals surface area (Å²) in [5, 5.41) is 3.47. The third-order valence-corrected chi connectivity index (χ3v) is 6.12. The standard InChI is InChI=1S/C24H22BN3O3/c1-14-22(27-25)24(29)28-11-10-20(23(14)28)31-21-13-18(15-6-4-3-5-7-15)26-19-12-16(30-2)8-9-17(19)21/h3-9,12-13,20,22-23,27H,1,10-11H2,2H3/t20-,22+,23?/m1/s1. The van der Waals surface area contributed by atoms with Gasteiger partial charge in [-0.2, -0.15) is 0 Å². The third-order valence-electron chi connectivity index (χ3n) is 6.12. The average molecular weight is 411 g/mol. The number of ether oxygens (including phenoxy) is 2. The van der Waals surface area contributed by atoms with Crippen LogP contribution in [0.25, 0.3) is 22.2 Å². The van der Waals surface area contributed by atoms with Gasteiger partial charge in [0.15, 0.2) is 7.98 Å². The summed E-state index contributed by atoms with van der Waals surface area (Å²) < 4.78 is 11.9. The summed E-state index contributed by atoms with van der Waals surface area (Å²) in [5.41, 5.74) is 3.35. The van der Waals surface area contributed by atoms with Gasteiger partial charge in [-0.3, -0.25) is 4.79 Å². The van der Waals surface area contributed by atoms with Gasteiger partial charge in [0.2, 0.25) is 5.91 Å². The Balaban J connectivity index is 1.56. The minimum atomic E-state index is -0.560. The van der Waals surface area contributed by atoms with Crippen molar-refractivity contribution in [2.75, 3.05) is 13.7 Å². The number of nitrogens with zero attached hydrogens (tertiary/aromatic N) is 2. The highest BCUT2D eigenvalue weighted by atomic mass is 16.5. The number of carbonyl (C=O) groups excluding carboxylic acids is 1. The maximum absolute atomic E-state index is 12.6. The van der Waals surface area contributed by atoms with Gasteiger partial charge in [0.05, 0.1) is 30.4 Å². The van der Waals surface area contributed by atoms with Crippen LogP contribution >= 0.6 is 0 Å². The zero-order valence-electron chi connectivity index (χ0n) is 17.2. The SMILES string of the molecule is [B]N[C@H]1C(=C)C2[C@H](Oc3cc(-c4ccccc4)nc4cc(OC)ccc34)CCN2C1=O. The van der Waals surface area contributed by atoms with Crippen molar-refractivity contribution in [1.82, 2.24) is 15.1 Å². The summed E-state index contributed by atoms with van der Waals surface area (Å²) in [6.45, 7) is 4.75. The molecule has 2 fully saturated rings. The third kappa shape index (κ3) is 3.25. The minimum Gasteiger partial charge on any atom is -0.497 e. The van der Waals surface area contributed by atoms with Crippen molar-refractivity contribution in [2.45, 2.75) is 24.6 Å². The Labute approximate surface area is 182 Å². The van der Waals surface area contributed by atoms with Gasteiger partial charge in [0.25, 0.3) is 0 Å². The molecule has 31 heavy (non-hydrogen) atoms. The molecule has 0 bridgehead atoms. The molecule has 5 rings (SSSR count). The molecule has 3 heterocycles. The van der Waals surface area contributed by atoms with E-state index in [1.54, 1.807) is 7.11 Å². The first-order chi connectivity index (χ1) is 15.1. The molecule has 2 saturated heterocycles. The molecule has 0 spiro atoms. The smallest absolute Gasteiger partial charge is 0.243 e. The lowest BCUT2D eigenvalue weighted by molar-refractivity contribution is -0.129. The molecule has 2 aliphatic rings. The molecule has 6 nitrogen and oxygen atoms in total. The second-order valence-electron chi connectivity index (χ2n) is 7.85. The number of aromatic nitrogens is 1. The van der Waals surface area contributed by atoms with Crippen LogP contribution in [0.15, 0.2) is 66.7 Å². The van der Waals surface area contributed by atoms with Crippen molar-refractivity contribution >= 4 is 24.8 Å². The van der Waals surface area contributed by atoms with Gasteiger partial charge in [-0.15, -0.1) is 0 Å². The predicted octanol–water partition coefficient (Wildman–Crippen LogP) is 2.87. The van der Waals surface area contributed by atoms with Crippen molar-refractivity contribution in [3.05, 3.63) is 66.7 Å². The first-order valence-electron chi connectivity index (χ1n) is 10.3. The van der Waals surface area contributed by atoms with Crippen LogP contribution in [0.1, 0.15) is 6.42 Å². The van der Waals surface area contributed by atoms with E-state index in [2.05, 4.69) is 11.8 Å². The number of rotatable bonds is 5. The van der Waals surface area contributed by atoms with Crippen molar-refractivity contribution in [2.24, 2.45) is 0 Å². The number of nitrogens with one attached hydrogen (secondary N) is 1. The molecule has 3 aromatic rings. The van der Waals surface area contributed by atoms with Crippen LogP contribution in [0.3, 0.4) is 0 Å². The van der Waals surface area contributed by atoms with Crippen LogP contribution in [0.5, 0.6) is 11.5 Å². The van der Waals surface area contributed by atoms with Crippen LogP contribution in [0, 0.1) is 0 Å². The minimum absolute atomic E-state index is 0.0436. The van der Waals surface area contributed by atoms with E-state index >= 15 is 0 Å². The summed E-state index contributed by atoms with van der Waals surface area (Å²) >= 11 is 0. The van der Waals surface area contributed by atoms with Crippen molar-refractivity contribution in [1.29, 1.82) is 0 Å². The van der Waals surface area contributed by atoms with Crippen LogP contribution in [-0.2, 0) is 4.79 Å². The molecular formula is C24H22BN3O3. The highest BCUT2D eigenvalue weighted by Gasteiger charge is 2.50. The van der Waals surface area contributed by atoms with Crippen LogP contribution in [0.4, 0.5) is 0 Å². The number of methoxy groups -OCH3 is 1. The quantitative estimate of drug-likeness (QED) is 0.517. The van der Waals surface area contributed by atoms with Gasteiger partial charge < -0.3 is 19.6 Å². The van der Waals surface area contributed by atoms with E-state index in [-0.39, 0.29) is 18.1 Å². The molecule has 2 aliphatic heterocycles. The fourth-order valence-electron chi connectivity index (χ4n) is 4.57. The number of benzene rings is 2. The Hall–Kier alpha value is -3.32. The Morgan fingerprint density at radius 3 is 2.74 bits per heavy atom. The van der Waals surface area contributed by atoms with Crippen molar-refractivity contribution in [3.63, 3.8) is 0 Å². The number of amides is 1. The Morgan fingerprint density at radius 1 is 1.19 bits per heavy atom. The molecule has 0 saturated carbocycles. The first-order valence-corrected chi connectivity index (χ1v) is 10.3. The molecule has 3 atom stereocenters. The number of pyridine rings is 1. The zero-order valence-corrected chi connectivity index (χ0v) is 17.2. The number of hydrogen-bond acceptors (Lipinski definition) is 5. The number of carbonyl (C=O) groups is 1. The van der Waals surface area contributed by atoms with Crippen molar-refractivity contribution < 1.29 is 14.3 Å². The Morgan fingerprint density at radius 2 is 2.00 bits per heavy atom. The number of fused-ring (bicyclic) bond motifs is 2. The van der Waals surface area contributed by atoms with Gasteiger partial charge in [-0.25, -0.2) is 4.98 Å². The van der Waals surface area contributed by atoms with E-state index in [1.807, 2.05) is 59.5 Å². The lowest BCUT2D eigenvalue weighted by Crippen LogP contribution is -2.37. The first kappa shape index (κ1) is 19.6. The fourth-order valence-corrected chi connectivity index (χ4v) is 4.57. The topological polar surface area (TPSA) is 63.7 Å². The van der Waals surface area contributed by atoms with Gasteiger partial charge in [-0.05, 0) is 17.7 Å². The molecule has 2 radical (unpaired) electrons. The van der Waals surface area contributed by atoms with E-state index in [0.29, 0.717) is 6.54 Å². The van der Waals surface area contributed by atoms with Gasteiger partial charge >= 0.3 is 0 Å². The summed E-state index contributed by atoms with van der Waals surface area (Å²) in [4.78, 5) is 19.2. The molecule has 154 valence electrons. The van der Waals surface area contributed by atoms with Crippen LogP contribution in [0.2, 0.25) is 0 Å². The molecule has 0 aliphatic carbocycles. The highest BCUT2D eigenvalue weighted by Crippen LogP contribution is 2.38. The number of hydrogen-bond donors (Lipinski definition) is 1. The van der Waals surface area contributed by atoms with E-state index in [4.69, 9.17) is 22.4 Å². The van der Waals surface area contributed by atoms with Gasteiger partial charge in [-0.1, -0.05) is 36.9 Å². The van der Waals surface area contributed by atoms with E-state index < -0.39 is 6.04 Å². The van der Waals surface area contributed by atoms with Crippen LogP contribution < -0.4 is 14.7 Å². The Kier molecular flexibility index (Phi) is 4.90. The normalized spacial score (nSPS) is 22.7. The predicted molar refractivity (Wildman–Crippen MR) is 120 cm³/mol. The van der Waals surface area contributed by atoms with Gasteiger partial charge in [0, 0.05) is 36.0 Å². The van der Waals surface area contributed by atoms with Crippen LogP contribution in [-0.4, -0.2) is 55.6 Å². The monoisotopic (exact) mass is 411 g/mol. The summed E-state index contributed by atoms with van der Waals surface area (Å²) in [6, 6.07) is 16.9. The lowest BCUT2D eigenvalue weighted by atomic mass is 10.00.